The second kappa shape index (κ2) is 11.1. The molecule has 0 bridgehead atoms. The number of carbonyl (C=O) groups is 4. The van der Waals surface area contributed by atoms with Gasteiger partial charge in [0.1, 0.15) is 5.75 Å². The Morgan fingerprint density at radius 3 is 2.41 bits per heavy atom. The molecule has 6 atom stereocenters. The van der Waals surface area contributed by atoms with Crippen LogP contribution in [-0.4, -0.2) is 48.0 Å². The van der Waals surface area contributed by atoms with Crippen LogP contribution in [0.2, 0.25) is 10.0 Å². The number of anilines is 1. The average molecular weight is 663 g/mol. The van der Waals surface area contributed by atoms with Crippen molar-refractivity contribution in [2.75, 3.05) is 19.6 Å². The van der Waals surface area contributed by atoms with E-state index in [0.717, 1.165) is 5.01 Å². The number of hydrogen-bond donors (Lipinski definition) is 3. The van der Waals surface area contributed by atoms with Gasteiger partial charge < -0.3 is 14.6 Å². The molecule has 236 valence electrons. The van der Waals surface area contributed by atoms with Gasteiger partial charge in [0.15, 0.2) is 11.5 Å². The number of nitrogens with zero attached hydrogens (tertiary/aromatic N) is 1. The highest BCUT2D eigenvalue weighted by atomic mass is 35.5. The number of nitrogens with one attached hydrogen (secondary N) is 2. The zero-order valence-electron chi connectivity index (χ0n) is 24.8. The van der Waals surface area contributed by atoms with Crippen LogP contribution in [-0.2, 0) is 24.6 Å². The van der Waals surface area contributed by atoms with Crippen LogP contribution in [0.5, 0.6) is 17.2 Å². The van der Waals surface area contributed by atoms with E-state index < -0.39 is 52.7 Å². The summed E-state index contributed by atoms with van der Waals surface area (Å²) < 4.78 is 10.9. The number of benzene rings is 3. The van der Waals surface area contributed by atoms with Crippen LogP contribution >= 0.6 is 23.2 Å². The van der Waals surface area contributed by atoms with E-state index in [-0.39, 0.29) is 41.0 Å². The summed E-state index contributed by atoms with van der Waals surface area (Å²) in [5, 5.41) is 15.6. The van der Waals surface area contributed by atoms with Gasteiger partial charge in [-0.15, -0.1) is 0 Å². The predicted molar refractivity (Wildman–Crippen MR) is 168 cm³/mol. The Kier molecular flexibility index (Phi) is 7.25. The summed E-state index contributed by atoms with van der Waals surface area (Å²) in [5.74, 6) is -5.14. The smallest absolute Gasteiger partial charge is 0.260 e. The van der Waals surface area contributed by atoms with Crippen LogP contribution in [0.25, 0.3) is 0 Å². The highest BCUT2D eigenvalue weighted by Crippen LogP contribution is 2.65. The molecule has 0 spiro atoms. The topological polar surface area (TPSA) is 134 Å². The fourth-order valence-corrected chi connectivity index (χ4v) is 8.49. The molecule has 6 unspecified atom stereocenters. The molecular formula is C34H29Cl2N3O7. The SMILES string of the molecule is COc1ccc(C23C(=O)N(Nc4ccc(Cl)cc4Cl)C(=O)C2CC2C(=CCC4C(=O)NC(=O)C42)C3c2cccc(OC)c2O)cc1. The minimum atomic E-state index is -1.59. The number of methoxy groups -OCH3 is 2. The van der Waals surface area contributed by atoms with E-state index in [2.05, 4.69) is 10.7 Å². The maximum Gasteiger partial charge on any atom is 0.260 e. The third kappa shape index (κ3) is 4.23. The highest BCUT2D eigenvalue weighted by Gasteiger charge is 2.70. The predicted octanol–water partition coefficient (Wildman–Crippen LogP) is 4.99. The number of phenols is 1. The molecule has 0 radical (unpaired) electrons. The quantitative estimate of drug-likeness (QED) is 0.249. The summed E-state index contributed by atoms with van der Waals surface area (Å²) >= 11 is 12.6. The van der Waals surface area contributed by atoms with Crippen LogP contribution in [0, 0.1) is 23.7 Å². The fourth-order valence-electron chi connectivity index (χ4n) is 8.04. The Morgan fingerprint density at radius 2 is 1.72 bits per heavy atom. The molecule has 2 saturated heterocycles. The zero-order chi connectivity index (χ0) is 32.5. The van der Waals surface area contributed by atoms with Crippen molar-refractivity contribution in [2.45, 2.75) is 24.2 Å². The monoisotopic (exact) mass is 661 g/mol. The second-order valence-corrected chi connectivity index (χ2v) is 12.8. The van der Waals surface area contributed by atoms with Crippen LogP contribution in [0.4, 0.5) is 5.69 Å². The van der Waals surface area contributed by atoms with E-state index in [1.165, 1.54) is 20.3 Å². The summed E-state index contributed by atoms with van der Waals surface area (Å²) in [4.78, 5) is 55.8. The normalized spacial score (nSPS) is 28.2. The maximum atomic E-state index is 15.1. The third-order valence-electron chi connectivity index (χ3n) is 9.98. The number of hydrogen-bond acceptors (Lipinski definition) is 8. The van der Waals surface area contributed by atoms with Gasteiger partial charge in [0.05, 0.1) is 48.1 Å². The summed E-state index contributed by atoms with van der Waals surface area (Å²) in [6, 6.07) is 16.6. The maximum absolute atomic E-state index is 15.1. The molecule has 3 aromatic rings. The van der Waals surface area contributed by atoms with E-state index in [4.69, 9.17) is 32.7 Å². The number of ether oxygens (including phenoxy) is 2. The summed E-state index contributed by atoms with van der Waals surface area (Å²) in [6.07, 6.45) is 2.28. The van der Waals surface area contributed by atoms with Crippen molar-refractivity contribution in [3.8, 4) is 17.2 Å². The Morgan fingerprint density at radius 1 is 0.957 bits per heavy atom. The molecule has 2 aliphatic heterocycles. The molecule has 4 aliphatic rings. The van der Waals surface area contributed by atoms with Crippen LogP contribution < -0.4 is 20.2 Å². The molecule has 2 heterocycles. The van der Waals surface area contributed by atoms with E-state index in [1.807, 2.05) is 6.08 Å². The lowest BCUT2D eigenvalue weighted by molar-refractivity contribution is -0.138. The first-order chi connectivity index (χ1) is 22.1. The largest absolute Gasteiger partial charge is 0.504 e. The Hall–Kier alpha value is -4.54. The number of halogens is 2. The number of fused-ring (bicyclic) bond motifs is 4. The highest BCUT2D eigenvalue weighted by molar-refractivity contribution is 6.36. The number of hydrazine groups is 1. The Bertz CT molecular complexity index is 1840. The minimum Gasteiger partial charge on any atom is -0.504 e. The number of imide groups is 2. The molecule has 4 amide bonds. The molecular weight excluding hydrogens is 633 g/mol. The number of para-hydroxylation sites is 1. The van der Waals surface area contributed by atoms with Crippen molar-refractivity contribution < 1.29 is 33.8 Å². The van der Waals surface area contributed by atoms with Gasteiger partial charge in [-0.1, -0.05) is 59.1 Å². The first kappa shape index (κ1) is 30.1. The summed E-state index contributed by atoms with van der Waals surface area (Å²) in [5.41, 5.74) is 3.21. The van der Waals surface area contributed by atoms with E-state index in [9.17, 15) is 19.5 Å². The van der Waals surface area contributed by atoms with Gasteiger partial charge in [0.2, 0.25) is 11.8 Å². The lowest BCUT2D eigenvalue weighted by Crippen LogP contribution is -2.53. The Balaban J connectivity index is 1.50. The number of rotatable bonds is 6. The van der Waals surface area contributed by atoms with Crippen molar-refractivity contribution in [3.05, 3.63) is 93.5 Å². The summed E-state index contributed by atoms with van der Waals surface area (Å²) in [6.45, 7) is 0. The first-order valence-electron chi connectivity index (χ1n) is 14.8. The second-order valence-electron chi connectivity index (χ2n) is 12.0. The van der Waals surface area contributed by atoms with E-state index in [0.29, 0.717) is 27.5 Å². The van der Waals surface area contributed by atoms with Crippen molar-refractivity contribution in [2.24, 2.45) is 23.7 Å². The van der Waals surface area contributed by atoms with Gasteiger partial charge >= 0.3 is 0 Å². The molecule has 7 rings (SSSR count). The van der Waals surface area contributed by atoms with Crippen molar-refractivity contribution in [3.63, 3.8) is 0 Å². The lowest BCUT2D eigenvalue weighted by atomic mass is 9.49. The molecule has 3 aromatic carbocycles. The average Bonchev–Trinajstić information content (AvgIpc) is 3.46. The van der Waals surface area contributed by atoms with Crippen molar-refractivity contribution >= 4 is 52.5 Å². The van der Waals surface area contributed by atoms with Crippen molar-refractivity contribution in [1.29, 1.82) is 0 Å². The minimum absolute atomic E-state index is 0.109. The number of phenolic OH excluding ortho intramolecular Hbond substituents is 1. The van der Waals surface area contributed by atoms with Gasteiger partial charge in [-0.2, -0.15) is 5.01 Å². The standard InChI is InChI=1S/C34H29Cl2N3O7/c1-45-18-9-6-16(7-10-18)34-23(32(43)39(33(34)44)38-25-13-8-17(35)14-24(25)36)15-22-19(11-12-20-27(22)31(42)37-30(20)41)28(34)21-4-3-5-26(46-2)29(21)40/h3-11,13-14,20,22-23,27-28,38,40H,12,15H2,1-2H3,(H,37,41,42). The molecule has 0 aromatic heterocycles. The molecule has 2 aliphatic carbocycles. The summed E-state index contributed by atoms with van der Waals surface area (Å²) in [7, 11) is 2.95. The van der Waals surface area contributed by atoms with Crippen LogP contribution in [0.1, 0.15) is 29.9 Å². The molecule has 10 nitrogen and oxygen atoms in total. The first-order valence-corrected chi connectivity index (χ1v) is 15.5. The third-order valence-corrected chi connectivity index (χ3v) is 10.5. The molecule has 3 N–H and O–H groups in total. The van der Waals surface area contributed by atoms with Gasteiger partial charge in [0, 0.05) is 16.5 Å². The van der Waals surface area contributed by atoms with Crippen LogP contribution in [0.3, 0.4) is 0 Å². The number of amides is 4. The lowest BCUT2D eigenvalue weighted by Gasteiger charge is -2.50. The molecule has 1 saturated carbocycles. The zero-order valence-corrected chi connectivity index (χ0v) is 26.3. The van der Waals surface area contributed by atoms with Gasteiger partial charge in [0.25, 0.3) is 11.8 Å². The fraction of sp³-hybridized carbons (Fsp3) is 0.294. The number of allylic oxidation sites excluding steroid dienone is 2. The van der Waals surface area contributed by atoms with Gasteiger partial charge in [-0.3, -0.25) is 29.9 Å². The number of aromatic hydroxyl groups is 1. The molecule has 3 fully saturated rings. The molecule has 46 heavy (non-hydrogen) atoms. The van der Waals surface area contributed by atoms with Crippen molar-refractivity contribution in [1.82, 2.24) is 10.3 Å². The van der Waals surface area contributed by atoms with E-state index >= 15 is 4.79 Å². The number of carbonyl (C=O) groups excluding carboxylic acids is 4. The van der Waals surface area contributed by atoms with E-state index in [1.54, 1.807) is 54.6 Å². The van der Waals surface area contributed by atoms with Gasteiger partial charge in [-0.25, -0.2) is 0 Å². The molecule has 12 heteroatoms. The van der Waals surface area contributed by atoms with Gasteiger partial charge in [-0.05, 0) is 60.7 Å². The Labute approximate surface area is 274 Å². The van der Waals surface area contributed by atoms with Crippen LogP contribution in [0.15, 0.2) is 72.3 Å².